The molecule has 0 spiro atoms. The number of aromatic nitrogens is 1. The van der Waals surface area contributed by atoms with Gasteiger partial charge in [0.2, 0.25) is 5.91 Å². The molecule has 4 aromatic rings. The van der Waals surface area contributed by atoms with Crippen LogP contribution in [0.4, 0.5) is 5.69 Å². The van der Waals surface area contributed by atoms with E-state index in [1.807, 2.05) is 42.5 Å². The maximum atomic E-state index is 12.4. The van der Waals surface area contributed by atoms with Gasteiger partial charge in [0, 0.05) is 48.6 Å². The Morgan fingerprint density at radius 1 is 1.13 bits per heavy atom. The second kappa shape index (κ2) is 8.37. The number of ether oxygens (including phenoxy) is 1. The highest BCUT2D eigenvalue weighted by atomic mass is 16.5. The molecule has 1 aliphatic heterocycles. The van der Waals surface area contributed by atoms with Gasteiger partial charge in [0.05, 0.1) is 18.9 Å². The Balaban J connectivity index is 1.39. The topological polar surface area (TPSA) is 87.8 Å². The second-order valence-corrected chi connectivity index (χ2v) is 7.62. The summed E-state index contributed by atoms with van der Waals surface area (Å²) in [5, 5.41) is 15.4. The van der Waals surface area contributed by atoms with Crippen LogP contribution in [0.3, 0.4) is 0 Å². The van der Waals surface area contributed by atoms with Crippen molar-refractivity contribution in [1.29, 1.82) is 0 Å². The van der Waals surface area contributed by atoms with Crippen LogP contribution >= 0.6 is 0 Å². The molecule has 2 aromatic heterocycles. The lowest BCUT2D eigenvalue weighted by Gasteiger charge is -2.26. The number of phenolic OH excluding ortho intramolecular Hbond substituents is 1. The quantitative estimate of drug-likeness (QED) is 0.477. The Hall–Kier alpha value is -3.42. The third kappa shape index (κ3) is 3.97. The van der Waals surface area contributed by atoms with E-state index in [0.29, 0.717) is 43.1 Å². The number of para-hydroxylation sites is 1. The summed E-state index contributed by atoms with van der Waals surface area (Å²) in [5.74, 6) is 0.514. The summed E-state index contributed by atoms with van der Waals surface area (Å²) in [7, 11) is 0. The Kier molecular flexibility index (Phi) is 5.28. The van der Waals surface area contributed by atoms with Gasteiger partial charge in [-0.15, -0.1) is 0 Å². The zero-order chi connectivity index (χ0) is 21.2. The first-order chi connectivity index (χ1) is 15.2. The van der Waals surface area contributed by atoms with Crippen molar-refractivity contribution in [3.8, 4) is 17.1 Å². The van der Waals surface area contributed by atoms with Crippen LogP contribution in [0.15, 0.2) is 59.1 Å². The van der Waals surface area contributed by atoms with E-state index in [0.717, 1.165) is 35.0 Å². The number of hydrogen-bond donors (Lipinski definition) is 2. The van der Waals surface area contributed by atoms with E-state index in [4.69, 9.17) is 9.15 Å². The molecule has 0 aliphatic carbocycles. The number of nitrogens with one attached hydrogen (secondary N) is 1. The fourth-order valence-corrected chi connectivity index (χ4v) is 3.93. The normalized spacial score (nSPS) is 14.8. The number of benzene rings is 2. The van der Waals surface area contributed by atoms with Gasteiger partial charge in [0.25, 0.3) is 0 Å². The average molecular weight is 417 g/mol. The number of nitrogens with zero attached hydrogens (tertiary/aromatic N) is 2. The number of morpholine rings is 1. The lowest BCUT2D eigenvalue weighted by atomic mass is 10.1. The number of amides is 1. The van der Waals surface area contributed by atoms with Gasteiger partial charge in [-0.1, -0.05) is 18.2 Å². The molecule has 3 heterocycles. The van der Waals surface area contributed by atoms with Gasteiger partial charge in [-0.05, 0) is 30.3 Å². The second-order valence-electron chi connectivity index (χ2n) is 7.62. The van der Waals surface area contributed by atoms with Gasteiger partial charge in [0.15, 0.2) is 5.75 Å². The van der Waals surface area contributed by atoms with E-state index in [1.165, 1.54) is 0 Å². The first kappa shape index (κ1) is 19.5. The molecule has 7 nitrogen and oxygen atoms in total. The van der Waals surface area contributed by atoms with Gasteiger partial charge in [-0.3, -0.25) is 14.7 Å². The lowest BCUT2D eigenvalue weighted by molar-refractivity contribution is -0.116. The summed E-state index contributed by atoms with van der Waals surface area (Å²) < 4.78 is 11.3. The van der Waals surface area contributed by atoms with Crippen molar-refractivity contribution < 1.29 is 19.1 Å². The standard InChI is InChI=1S/C24H23N3O4/c28-22(8-10-27-11-13-30-14-12-27)26-19-6-5-18-17(7-9-25-23(18)24(19)29)21-15-16-3-1-2-4-20(16)31-21/h1-7,9,15,29H,8,10-14H2,(H,26,28). The van der Waals surface area contributed by atoms with Crippen LogP contribution in [0.25, 0.3) is 33.2 Å². The van der Waals surface area contributed by atoms with E-state index in [9.17, 15) is 9.90 Å². The minimum absolute atomic E-state index is 0.0461. The largest absolute Gasteiger partial charge is 0.504 e. The van der Waals surface area contributed by atoms with Crippen molar-refractivity contribution in [2.75, 3.05) is 38.2 Å². The molecule has 1 saturated heterocycles. The Labute approximate surface area is 179 Å². The molecule has 0 saturated carbocycles. The van der Waals surface area contributed by atoms with Crippen LogP contribution in [0.1, 0.15) is 6.42 Å². The molecule has 31 heavy (non-hydrogen) atoms. The maximum Gasteiger partial charge on any atom is 0.225 e. The third-order valence-electron chi connectivity index (χ3n) is 5.61. The predicted octanol–water partition coefficient (Wildman–Crippen LogP) is 4.01. The molecule has 1 amide bonds. The molecule has 7 heteroatoms. The zero-order valence-corrected chi connectivity index (χ0v) is 17.0. The van der Waals surface area contributed by atoms with Crippen LogP contribution in [0, 0.1) is 0 Å². The van der Waals surface area contributed by atoms with E-state index >= 15 is 0 Å². The van der Waals surface area contributed by atoms with Crippen LogP contribution in [0.2, 0.25) is 0 Å². The summed E-state index contributed by atoms with van der Waals surface area (Å²) >= 11 is 0. The van der Waals surface area contributed by atoms with Gasteiger partial charge in [-0.25, -0.2) is 0 Å². The number of aromatic hydroxyl groups is 1. The highest BCUT2D eigenvalue weighted by Crippen LogP contribution is 2.38. The van der Waals surface area contributed by atoms with Crippen LogP contribution < -0.4 is 5.32 Å². The maximum absolute atomic E-state index is 12.4. The molecule has 0 atom stereocenters. The van der Waals surface area contributed by atoms with Crippen molar-refractivity contribution in [3.05, 3.63) is 54.7 Å². The van der Waals surface area contributed by atoms with Gasteiger partial charge in [0.1, 0.15) is 16.9 Å². The molecule has 2 aromatic carbocycles. The molecule has 0 radical (unpaired) electrons. The van der Waals surface area contributed by atoms with Crippen LogP contribution in [0.5, 0.6) is 5.75 Å². The van der Waals surface area contributed by atoms with Crippen molar-refractivity contribution in [2.45, 2.75) is 6.42 Å². The van der Waals surface area contributed by atoms with Gasteiger partial charge >= 0.3 is 0 Å². The number of carbonyl (C=O) groups excluding carboxylic acids is 1. The van der Waals surface area contributed by atoms with Crippen LogP contribution in [-0.2, 0) is 9.53 Å². The molecule has 0 bridgehead atoms. The molecule has 0 unspecified atom stereocenters. The fraction of sp³-hybridized carbons (Fsp3) is 0.250. The van der Waals surface area contributed by atoms with E-state index in [2.05, 4.69) is 15.2 Å². The SMILES string of the molecule is O=C(CCN1CCOCC1)Nc1ccc2c(-c3cc4ccccc4o3)ccnc2c1O. The number of pyridine rings is 1. The van der Waals surface area contributed by atoms with Crippen LogP contribution in [-0.4, -0.2) is 53.7 Å². The monoisotopic (exact) mass is 417 g/mol. The minimum atomic E-state index is -0.144. The third-order valence-corrected chi connectivity index (χ3v) is 5.61. The molecule has 2 N–H and O–H groups in total. The zero-order valence-electron chi connectivity index (χ0n) is 17.0. The van der Waals surface area contributed by atoms with Crippen molar-refractivity contribution in [3.63, 3.8) is 0 Å². The van der Waals surface area contributed by atoms with Crippen molar-refractivity contribution >= 4 is 33.5 Å². The van der Waals surface area contributed by atoms with Crippen molar-refractivity contribution in [2.24, 2.45) is 0 Å². The Morgan fingerprint density at radius 2 is 1.97 bits per heavy atom. The minimum Gasteiger partial charge on any atom is -0.504 e. The molecule has 1 aliphatic rings. The first-order valence-electron chi connectivity index (χ1n) is 10.4. The molecular weight excluding hydrogens is 394 g/mol. The van der Waals surface area contributed by atoms with Crippen molar-refractivity contribution in [1.82, 2.24) is 9.88 Å². The summed E-state index contributed by atoms with van der Waals surface area (Å²) in [6.07, 6.45) is 1.98. The first-order valence-corrected chi connectivity index (χ1v) is 10.4. The Morgan fingerprint density at radius 3 is 2.81 bits per heavy atom. The number of rotatable bonds is 5. The predicted molar refractivity (Wildman–Crippen MR) is 119 cm³/mol. The Bertz CT molecular complexity index is 1210. The number of anilines is 1. The summed E-state index contributed by atoms with van der Waals surface area (Å²) in [6.45, 7) is 3.74. The molecule has 158 valence electrons. The van der Waals surface area contributed by atoms with E-state index in [1.54, 1.807) is 12.3 Å². The highest BCUT2D eigenvalue weighted by Gasteiger charge is 2.17. The number of carbonyl (C=O) groups is 1. The lowest BCUT2D eigenvalue weighted by Crippen LogP contribution is -2.38. The average Bonchev–Trinajstić information content (AvgIpc) is 3.24. The highest BCUT2D eigenvalue weighted by molar-refractivity contribution is 6.03. The summed E-state index contributed by atoms with van der Waals surface area (Å²) in [5.41, 5.74) is 2.41. The van der Waals surface area contributed by atoms with E-state index < -0.39 is 0 Å². The molecule has 1 fully saturated rings. The number of hydrogen-bond acceptors (Lipinski definition) is 6. The summed E-state index contributed by atoms with van der Waals surface area (Å²) in [4.78, 5) is 19.0. The number of phenols is 1. The number of fused-ring (bicyclic) bond motifs is 2. The smallest absolute Gasteiger partial charge is 0.225 e. The number of furan rings is 1. The fourth-order valence-electron chi connectivity index (χ4n) is 3.93. The van der Waals surface area contributed by atoms with Gasteiger partial charge in [-0.2, -0.15) is 0 Å². The molecule has 5 rings (SSSR count). The van der Waals surface area contributed by atoms with Gasteiger partial charge < -0.3 is 19.6 Å². The van der Waals surface area contributed by atoms with E-state index in [-0.39, 0.29) is 11.7 Å². The summed E-state index contributed by atoms with van der Waals surface area (Å²) in [6, 6.07) is 15.2. The molecular formula is C24H23N3O4.